The van der Waals surface area contributed by atoms with Crippen molar-refractivity contribution in [2.45, 2.75) is 45.4 Å². The molecule has 0 heterocycles. The molecule has 0 saturated carbocycles. The van der Waals surface area contributed by atoms with Gasteiger partial charge in [0.1, 0.15) is 0 Å². The zero-order valence-electron chi connectivity index (χ0n) is 10.2. The van der Waals surface area contributed by atoms with E-state index in [2.05, 4.69) is 63.3 Å². The largest absolute Gasteiger partial charge is 0.0917 e. The predicted molar refractivity (Wildman–Crippen MR) is 68.1 cm³/mol. The fourth-order valence-corrected chi connectivity index (χ4v) is 1.93. The summed E-state index contributed by atoms with van der Waals surface area (Å²) in [5.74, 6) is 0. The molecule has 82 valence electrons. The van der Waals surface area contributed by atoms with E-state index in [0.717, 1.165) is 0 Å². The summed E-state index contributed by atoms with van der Waals surface area (Å²) in [5.41, 5.74) is 1.80. The highest BCUT2D eigenvalue weighted by molar-refractivity contribution is 5.24. The highest BCUT2D eigenvalue weighted by Gasteiger charge is 2.22. The molecule has 0 nitrogen and oxygen atoms in total. The van der Waals surface area contributed by atoms with E-state index in [9.17, 15) is 0 Å². The molecular formula is C15H22. The number of hydrogen-bond acceptors (Lipinski definition) is 0. The van der Waals surface area contributed by atoms with Crippen LogP contribution in [0.3, 0.4) is 0 Å². The quantitative estimate of drug-likeness (QED) is 0.606. The summed E-state index contributed by atoms with van der Waals surface area (Å²) in [6, 6.07) is 10.9. The molecule has 0 saturated heterocycles. The highest BCUT2D eigenvalue weighted by Crippen LogP contribution is 2.32. The van der Waals surface area contributed by atoms with Gasteiger partial charge < -0.3 is 0 Å². The van der Waals surface area contributed by atoms with E-state index in [4.69, 9.17) is 0 Å². The Morgan fingerprint density at radius 1 is 1.20 bits per heavy atom. The lowest BCUT2D eigenvalue weighted by atomic mass is 9.76. The number of benzene rings is 1. The first-order valence-corrected chi connectivity index (χ1v) is 5.89. The fourth-order valence-electron chi connectivity index (χ4n) is 1.93. The Kier molecular flexibility index (Phi) is 4.61. The lowest BCUT2D eigenvalue weighted by molar-refractivity contribution is 0.422. The topological polar surface area (TPSA) is 0 Å². The zero-order chi connectivity index (χ0) is 11.1. The molecule has 1 unspecified atom stereocenters. The number of hydrogen-bond donors (Lipinski definition) is 0. The van der Waals surface area contributed by atoms with Crippen molar-refractivity contribution in [3.63, 3.8) is 0 Å². The maximum absolute atomic E-state index is 2.37. The standard InChI is InChI=1S/C15H22/c1-4-6-10-13-15(3,5-2)14-11-8-7-9-12-14/h4,6-9,11-12H,5,10,13H2,1-3H3/b6-4-. The summed E-state index contributed by atoms with van der Waals surface area (Å²) in [4.78, 5) is 0. The maximum atomic E-state index is 2.37. The third kappa shape index (κ3) is 3.23. The third-order valence-corrected chi connectivity index (χ3v) is 3.35. The van der Waals surface area contributed by atoms with Gasteiger partial charge in [0, 0.05) is 0 Å². The van der Waals surface area contributed by atoms with Gasteiger partial charge in [-0.15, -0.1) is 0 Å². The highest BCUT2D eigenvalue weighted by atomic mass is 14.3. The van der Waals surface area contributed by atoms with Gasteiger partial charge in [-0.1, -0.05) is 56.3 Å². The molecule has 1 aromatic rings. The van der Waals surface area contributed by atoms with Crippen molar-refractivity contribution in [1.82, 2.24) is 0 Å². The van der Waals surface area contributed by atoms with Crippen molar-refractivity contribution in [2.75, 3.05) is 0 Å². The molecule has 1 aromatic carbocycles. The second-order valence-corrected chi connectivity index (χ2v) is 4.39. The van der Waals surface area contributed by atoms with Crippen LogP contribution in [0.25, 0.3) is 0 Å². The molecule has 0 spiro atoms. The van der Waals surface area contributed by atoms with Crippen molar-refractivity contribution < 1.29 is 0 Å². The Hall–Kier alpha value is -1.04. The van der Waals surface area contributed by atoms with Gasteiger partial charge in [-0.2, -0.15) is 0 Å². The molecule has 15 heavy (non-hydrogen) atoms. The molecule has 0 aromatic heterocycles. The van der Waals surface area contributed by atoms with Crippen molar-refractivity contribution in [3.8, 4) is 0 Å². The van der Waals surface area contributed by atoms with Gasteiger partial charge in [0.25, 0.3) is 0 Å². The van der Waals surface area contributed by atoms with E-state index < -0.39 is 0 Å². The summed E-state index contributed by atoms with van der Waals surface area (Å²) >= 11 is 0. The average Bonchev–Trinajstić information content (AvgIpc) is 2.30. The Morgan fingerprint density at radius 3 is 2.40 bits per heavy atom. The van der Waals surface area contributed by atoms with Gasteiger partial charge in [-0.25, -0.2) is 0 Å². The van der Waals surface area contributed by atoms with E-state index in [0.29, 0.717) is 5.41 Å². The van der Waals surface area contributed by atoms with E-state index in [-0.39, 0.29) is 0 Å². The maximum Gasteiger partial charge on any atom is -0.00749 e. The summed E-state index contributed by atoms with van der Waals surface area (Å²) in [7, 11) is 0. The SMILES string of the molecule is C/C=C\CCC(C)(CC)c1ccccc1. The minimum absolute atomic E-state index is 0.334. The molecule has 0 heteroatoms. The minimum atomic E-state index is 0.334. The zero-order valence-corrected chi connectivity index (χ0v) is 10.2. The molecular weight excluding hydrogens is 180 g/mol. The van der Waals surface area contributed by atoms with Gasteiger partial charge in [0.2, 0.25) is 0 Å². The normalized spacial score (nSPS) is 15.4. The van der Waals surface area contributed by atoms with Gasteiger partial charge in [-0.3, -0.25) is 0 Å². The summed E-state index contributed by atoms with van der Waals surface area (Å²) in [6.45, 7) is 6.74. The first kappa shape index (κ1) is 12.0. The van der Waals surface area contributed by atoms with Crippen molar-refractivity contribution >= 4 is 0 Å². The Morgan fingerprint density at radius 2 is 1.87 bits per heavy atom. The smallest absolute Gasteiger partial charge is 0.00749 e. The van der Waals surface area contributed by atoms with Gasteiger partial charge in [0.15, 0.2) is 0 Å². The van der Waals surface area contributed by atoms with Crippen LogP contribution in [0.1, 0.15) is 45.6 Å². The van der Waals surface area contributed by atoms with E-state index in [1.54, 1.807) is 0 Å². The lowest BCUT2D eigenvalue weighted by Crippen LogP contribution is -2.20. The molecule has 0 bridgehead atoms. The molecule has 0 aliphatic rings. The van der Waals surface area contributed by atoms with Crippen LogP contribution in [0.15, 0.2) is 42.5 Å². The van der Waals surface area contributed by atoms with Crippen LogP contribution in [-0.4, -0.2) is 0 Å². The second kappa shape index (κ2) is 5.75. The lowest BCUT2D eigenvalue weighted by Gasteiger charge is -2.28. The van der Waals surface area contributed by atoms with Gasteiger partial charge >= 0.3 is 0 Å². The number of rotatable bonds is 5. The molecule has 1 rings (SSSR count). The Balaban J connectivity index is 2.76. The van der Waals surface area contributed by atoms with Crippen LogP contribution in [0.2, 0.25) is 0 Å². The fraction of sp³-hybridized carbons (Fsp3) is 0.467. The van der Waals surface area contributed by atoms with Crippen LogP contribution < -0.4 is 0 Å². The average molecular weight is 202 g/mol. The first-order valence-electron chi connectivity index (χ1n) is 5.89. The summed E-state index contributed by atoms with van der Waals surface area (Å²) in [5, 5.41) is 0. The van der Waals surface area contributed by atoms with Crippen molar-refractivity contribution in [2.24, 2.45) is 0 Å². The van der Waals surface area contributed by atoms with E-state index >= 15 is 0 Å². The van der Waals surface area contributed by atoms with Crippen molar-refractivity contribution in [1.29, 1.82) is 0 Å². The van der Waals surface area contributed by atoms with Gasteiger partial charge in [-0.05, 0) is 37.2 Å². The number of allylic oxidation sites excluding steroid dienone is 2. The van der Waals surface area contributed by atoms with Crippen LogP contribution in [-0.2, 0) is 5.41 Å². The first-order chi connectivity index (χ1) is 7.23. The predicted octanol–water partition coefficient (Wildman–Crippen LogP) is 4.71. The summed E-state index contributed by atoms with van der Waals surface area (Å²) < 4.78 is 0. The van der Waals surface area contributed by atoms with Crippen LogP contribution in [0, 0.1) is 0 Å². The van der Waals surface area contributed by atoms with E-state index in [1.165, 1.54) is 24.8 Å². The molecule has 0 radical (unpaired) electrons. The molecule has 0 aliphatic heterocycles. The van der Waals surface area contributed by atoms with Crippen LogP contribution in [0.4, 0.5) is 0 Å². The van der Waals surface area contributed by atoms with Crippen molar-refractivity contribution in [3.05, 3.63) is 48.0 Å². The monoisotopic (exact) mass is 202 g/mol. The molecule has 0 N–H and O–H groups in total. The summed E-state index contributed by atoms with van der Waals surface area (Å²) in [6.07, 6.45) is 8.01. The Labute approximate surface area is 94.0 Å². The van der Waals surface area contributed by atoms with Crippen LogP contribution in [0.5, 0.6) is 0 Å². The van der Waals surface area contributed by atoms with Gasteiger partial charge in [0.05, 0.1) is 0 Å². The second-order valence-electron chi connectivity index (χ2n) is 4.39. The molecule has 1 atom stereocenters. The molecule has 0 fully saturated rings. The third-order valence-electron chi connectivity index (χ3n) is 3.35. The minimum Gasteiger partial charge on any atom is -0.0917 e. The molecule has 0 aliphatic carbocycles. The van der Waals surface area contributed by atoms with Crippen LogP contribution >= 0.6 is 0 Å². The molecule has 0 amide bonds. The Bertz CT molecular complexity index is 297. The van der Waals surface area contributed by atoms with E-state index in [1.807, 2.05) is 0 Å².